The van der Waals surface area contributed by atoms with E-state index in [1.165, 1.54) is 12.5 Å². The summed E-state index contributed by atoms with van der Waals surface area (Å²) < 4.78 is 0. The van der Waals surface area contributed by atoms with E-state index in [4.69, 9.17) is 4.98 Å². The van der Waals surface area contributed by atoms with Crippen molar-refractivity contribution < 1.29 is 14.7 Å². The topological polar surface area (TPSA) is 132 Å². The summed E-state index contributed by atoms with van der Waals surface area (Å²) in [7, 11) is 0. The van der Waals surface area contributed by atoms with Gasteiger partial charge in [-0.15, -0.1) is 0 Å². The number of para-hydroxylation sites is 2. The number of aromatic nitrogens is 3. The van der Waals surface area contributed by atoms with E-state index >= 15 is 0 Å². The monoisotopic (exact) mass is 519 g/mol. The van der Waals surface area contributed by atoms with Crippen LogP contribution >= 0.6 is 0 Å². The standard InChI is InChI=1S/C28H37N7O3/c1-20(36)29-15-18-35(16-5-4-8-22-12-11-21-7-6-14-30-27(21)32-22)17-13-25(28(37)38)34-26-19-31-23-9-2-3-10-24(23)33-26/h2-3,9-12,19,25H,4-8,13-18H2,1H3,(H,29,36)(H,30,32)(H,33,34)(H,37,38)/t25-/m0/s1. The number of nitrogens with zero attached hydrogens (tertiary/aromatic N) is 4. The first-order valence-electron chi connectivity index (χ1n) is 13.4. The molecule has 0 bridgehead atoms. The SMILES string of the molecule is CC(=O)NCCN(CCCCc1ccc2c(n1)NCCC2)CC[C@H](Nc1cnc2ccccc2n1)C(=O)O. The van der Waals surface area contributed by atoms with Gasteiger partial charge in [-0.05, 0) is 68.8 Å². The van der Waals surface area contributed by atoms with E-state index in [9.17, 15) is 14.7 Å². The second-order valence-corrected chi connectivity index (χ2v) is 9.69. The maximum atomic E-state index is 12.0. The van der Waals surface area contributed by atoms with Crippen molar-refractivity contribution in [1.82, 2.24) is 25.2 Å². The first kappa shape index (κ1) is 27.3. The Kier molecular flexibility index (Phi) is 9.80. The Morgan fingerprint density at radius 1 is 1.08 bits per heavy atom. The molecule has 202 valence electrons. The van der Waals surface area contributed by atoms with E-state index in [0.717, 1.165) is 62.2 Å². The van der Waals surface area contributed by atoms with Gasteiger partial charge in [-0.2, -0.15) is 0 Å². The number of aryl methyl sites for hydroxylation is 2. The average Bonchev–Trinajstić information content (AvgIpc) is 2.92. The van der Waals surface area contributed by atoms with Crippen LogP contribution in [-0.2, 0) is 22.4 Å². The predicted octanol–water partition coefficient (Wildman–Crippen LogP) is 3.10. The van der Waals surface area contributed by atoms with Crippen molar-refractivity contribution in [2.45, 2.75) is 51.5 Å². The number of carboxylic acid groups (broad SMARTS) is 1. The molecule has 3 aromatic rings. The van der Waals surface area contributed by atoms with Gasteiger partial charge in [-0.3, -0.25) is 9.78 Å². The second-order valence-electron chi connectivity index (χ2n) is 9.69. The van der Waals surface area contributed by atoms with Crippen molar-refractivity contribution in [3.63, 3.8) is 0 Å². The molecule has 0 saturated carbocycles. The lowest BCUT2D eigenvalue weighted by Gasteiger charge is -2.24. The quantitative estimate of drug-likeness (QED) is 0.237. The van der Waals surface area contributed by atoms with Crippen LogP contribution in [0.2, 0.25) is 0 Å². The fourth-order valence-electron chi connectivity index (χ4n) is 4.65. The minimum absolute atomic E-state index is 0.0722. The van der Waals surface area contributed by atoms with Crippen molar-refractivity contribution in [3.8, 4) is 0 Å². The summed E-state index contributed by atoms with van der Waals surface area (Å²) in [5.74, 6) is 0.452. The first-order valence-corrected chi connectivity index (χ1v) is 13.4. The van der Waals surface area contributed by atoms with Gasteiger partial charge in [0.25, 0.3) is 0 Å². The summed E-state index contributed by atoms with van der Waals surface area (Å²) in [6, 6.07) is 11.0. The minimum atomic E-state index is -0.936. The van der Waals surface area contributed by atoms with Crippen LogP contribution in [0.5, 0.6) is 0 Å². The van der Waals surface area contributed by atoms with Crippen LogP contribution < -0.4 is 16.0 Å². The average molecular weight is 520 g/mol. The number of anilines is 2. The Morgan fingerprint density at radius 3 is 2.74 bits per heavy atom. The Labute approximate surface area is 223 Å². The molecular formula is C28H37N7O3. The molecule has 4 rings (SSSR count). The van der Waals surface area contributed by atoms with Gasteiger partial charge in [-0.1, -0.05) is 18.2 Å². The number of unbranched alkanes of at least 4 members (excludes halogenated alkanes) is 1. The van der Waals surface area contributed by atoms with E-state index in [0.29, 0.717) is 37.4 Å². The Hall–Kier alpha value is -3.79. The van der Waals surface area contributed by atoms with E-state index in [-0.39, 0.29) is 5.91 Å². The molecule has 1 atom stereocenters. The lowest BCUT2D eigenvalue weighted by Crippen LogP contribution is -2.39. The van der Waals surface area contributed by atoms with Crippen LogP contribution in [0.3, 0.4) is 0 Å². The maximum Gasteiger partial charge on any atom is 0.326 e. The second kappa shape index (κ2) is 13.7. The number of carbonyl (C=O) groups is 2. The van der Waals surface area contributed by atoms with Crippen molar-refractivity contribution >= 4 is 34.5 Å². The number of carbonyl (C=O) groups excluding carboxylic acids is 1. The molecule has 3 heterocycles. The molecule has 4 N–H and O–H groups in total. The van der Waals surface area contributed by atoms with Gasteiger partial charge in [0, 0.05) is 38.8 Å². The molecule has 0 saturated heterocycles. The molecule has 0 fully saturated rings. The van der Waals surface area contributed by atoms with Crippen LogP contribution in [0.25, 0.3) is 11.0 Å². The summed E-state index contributed by atoms with van der Waals surface area (Å²) in [5.41, 5.74) is 3.86. The highest BCUT2D eigenvalue weighted by Gasteiger charge is 2.20. The number of amides is 1. The van der Waals surface area contributed by atoms with E-state index in [2.05, 4.69) is 43.0 Å². The number of rotatable bonds is 14. The number of pyridine rings is 1. The largest absolute Gasteiger partial charge is 0.480 e. The Balaban J connectivity index is 1.29. The molecule has 2 aromatic heterocycles. The Morgan fingerprint density at radius 2 is 1.92 bits per heavy atom. The molecule has 1 aliphatic heterocycles. The lowest BCUT2D eigenvalue weighted by molar-refractivity contribution is -0.138. The molecule has 1 amide bonds. The van der Waals surface area contributed by atoms with Gasteiger partial charge in [-0.25, -0.2) is 14.8 Å². The zero-order chi connectivity index (χ0) is 26.7. The molecule has 0 unspecified atom stereocenters. The van der Waals surface area contributed by atoms with Gasteiger partial charge in [0.05, 0.1) is 17.2 Å². The van der Waals surface area contributed by atoms with Gasteiger partial charge >= 0.3 is 5.97 Å². The molecule has 1 aromatic carbocycles. The third-order valence-corrected chi connectivity index (χ3v) is 6.71. The first-order chi connectivity index (χ1) is 18.5. The third kappa shape index (κ3) is 8.11. The zero-order valence-corrected chi connectivity index (χ0v) is 21.9. The number of fused-ring (bicyclic) bond motifs is 2. The molecule has 38 heavy (non-hydrogen) atoms. The minimum Gasteiger partial charge on any atom is -0.480 e. The van der Waals surface area contributed by atoms with Gasteiger partial charge in [0.15, 0.2) is 0 Å². The van der Waals surface area contributed by atoms with Crippen molar-refractivity contribution in [3.05, 3.63) is 53.9 Å². The molecule has 10 heteroatoms. The predicted molar refractivity (Wildman–Crippen MR) is 148 cm³/mol. The molecule has 1 aliphatic rings. The lowest BCUT2D eigenvalue weighted by atomic mass is 10.1. The molecule has 0 radical (unpaired) electrons. The molecule has 0 spiro atoms. The maximum absolute atomic E-state index is 12.0. The summed E-state index contributed by atoms with van der Waals surface area (Å²) in [6.45, 7) is 5.04. The highest BCUT2D eigenvalue weighted by molar-refractivity contribution is 5.79. The number of hydrogen-bond donors (Lipinski definition) is 4. The van der Waals surface area contributed by atoms with E-state index in [1.807, 2.05) is 24.3 Å². The van der Waals surface area contributed by atoms with Crippen molar-refractivity contribution in [1.29, 1.82) is 0 Å². The number of nitrogens with one attached hydrogen (secondary N) is 3. The summed E-state index contributed by atoms with van der Waals surface area (Å²) in [6.07, 6.45) is 7.02. The van der Waals surface area contributed by atoms with Crippen molar-refractivity contribution in [2.75, 3.05) is 43.4 Å². The van der Waals surface area contributed by atoms with Crippen LogP contribution in [0.1, 0.15) is 43.9 Å². The molecule has 0 aliphatic carbocycles. The fraction of sp³-hybridized carbons (Fsp3) is 0.464. The Bertz CT molecular complexity index is 1240. The van der Waals surface area contributed by atoms with Gasteiger partial charge in [0.2, 0.25) is 5.91 Å². The summed E-state index contributed by atoms with van der Waals surface area (Å²) >= 11 is 0. The normalized spacial score (nSPS) is 13.5. The smallest absolute Gasteiger partial charge is 0.326 e. The van der Waals surface area contributed by atoms with Crippen LogP contribution in [0.4, 0.5) is 11.6 Å². The number of aliphatic carboxylic acids is 1. The molecular weight excluding hydrogens is 482 g/mol. The zero-order valence-electron chi connectivity index (χ0n) is 21.9. The van der Waals surface area contributed by atoms with Crippen LogP contribution in [-0.4, -0.2) is 75.6 Å². The van der Waals surface area contributed by atoms with Crippen LogP contribution in [0.15, 0.2) is 42.6 Å². The molecule has 10 nitrogen and oxygen atoms in total. The number of hydrogen-bond acceptors (Lipinski definition) is 8. The van der Waals surface area contributed by atoms with E-state index < -0.39 is 12.0 Å². The number of carboxylic acids is 1. The van der Waals surface area contributed by atoms with Gasteiger partial charge in [0.1, 0.15) is 17.7 Å². The fourth-order valence-corrected chi connectivity index (χ4v) is 4.65. The number of benzene rings is 1. The third-order valence-electron chi connectivity index (χ3n) is 6.71. The van der Waals surface area contributed by atoms with E-state index in [1.54, 1.807) is 6.20 Å². The highest BCUT2D eigenvalue weighted by atomic mass is 16.4. The van der Waals surface area contributed by atoms with Crippen molar-refractivity contribution in [2.24, 2.45) is 0 Å². The van der Waals surface area contributed by atoms with Crippen LogP contribution in [0, 0.1) is 0 Å². The highest BCUT2D eigenvalue weighted by Crippen LogP contribution is 2.20. The summed E-state index contributed by atoms with van der Waals surface area (Å²) in [4.78, 5) is 39.2. The summed E-state index contributed by atoms with van der Waals surface area (Å²) in [5, 5.41) is 19.1. The van der Waals surface area contributed by atoms with Gasteiger partial charge < -0.3 is 26.0 Å².